The van der Waals surface area contributed by atoms with Gasteiger partial charge in [0.05, 0.1) is 5.69 Å². The number of rotatable bonds is 4. The van der Waals surface area contributed by atoms with Crippen LogP contribution in [0.3, 0.4) is 0 Å². The van der Waals surface area contributed by atoms with E-state index < -0.39 is 0 Å². The molecule has 0 radical (unpaired) electrons. The minimum absolute atomic E-state index is 0.174. The van der Waals surface area contributed by atoms with E-state index in [2.05, 4.69) is 31.3 Å². The van der Waals surface area contributed by atoms with Crippen LogP contribution in [0.5, 0.6) is 0 Å². The molecule has 1 N–H and O–H groups in total. The lowest BCUT2D eigenvalue weighted by atomic mass is 10.3. The monoisotopic (exact) mass is 308 g/mol. The second-order valence-electron chi connectivity index (χ2n) is 3.83. The maximum Gasteiger partial charge on any atom is 0.269 e. The number of hydrogen-bond donors (Lipinski definition) is 1. The van der Waals surface area contributed by atoms with E-state index in [1.165, 1.54) is 0 Å². The van der Waals surface area contributed by atoms with Crippen LogP contribution in [0.1, 0.15) is 16.2 Å². The molecule has 2 aromatic rings. The predicted molar refractivity (Wildman–Crippen MR) is 71.2 cm³/mol. The minimum atomic E-state index is -0.174. The van der Waals surface area contributed by atoms with E-state index >= 15 is 0 Å². The van der Waals surface area contributed by atoms with Crippen molar-refractivity contribution >= 4 is 21.8 Å². The molecule has 18 heavy (non-hydrogen) atoms. The molecular formula is C12H13BrN4O. The van der Waals surface area contributed by atoms with Gasteiger partial charge in [0.25, 0.3) is 5.91 Å². The highest BCUT2D eigenvalue weighted by Gasteiger charge is 2.06. The number of nitrogens with one attached hydrogen (secondary N) is 1. The average Bonchev–Trinajstić information content (AvgIpc) is 2.75. The molecule has 0 fully saturated rings. The zero-order valence-electron chi connectivity index (χ0n) is 9.93. The molecule has 0 atom stereocenters. The molecular weight excluding hydrogens is 296 g/mol. The van der Waals surface area contributed by atoms with Crippen LogP contribution in [0.15, 0.2) is 35.1 Å². The molecule has 0 aliphatic carbocycles. The molecule has 0 saturated heterocycles. The van der Waals surface area contributed by atoms with Crippen LogP contribution in [0.25, 0.3) is 0 Å². The number of pyridine rings is 1. The van der Waals surface area contributed by atoms with Crippen LogP contribution in [-0.4, -0.2) is 27.2 Å². The van der Waals surface area contributed by atoms with Gasteiger partial charge in [-0.3, -0.25) is 9.48 Å². The van der Waals surface area contributed by atoms with Crippen LogP contribution in [0.2, 0.25) is 0 Å². The number of carbonyl (C=O) groups is 1. The first kappa shape index (κ1) is 12.8. The Labute approximate surface area is 113 Å². The van der Waals surface area contributed by atoms with Gasteiger partial charge < -0.3 is 5.32 Å². The van der Waals surface area contributed by atoms with E-state index in [9.17, 15) is 4.79 Å². The number of carbonyl (C=O) groups excluding carboxylic acids is 1. The van der Waals surface area contributed by atoms with Crippen LogP contribution in [0.4, 0.5) is 0 Å². The minimum Gasteiger partial charge on any atom is -0.350 e. The molecule has 5 nitrogen and oxygen atoms in total. The first-order valence-corrected chi connectivity index (χ1v) is 6.34. The van der Waals surface area contributed by atoms with Gasteiger partial charge in [0.1, 0.15) is 10.3 Å². The SMILES string of the molecule is Cn1ccc(CCNC(=O)c2cccc(Br)n2)n1. The Balaban J connectivity index is 1.85. The summed E-state index contributed by atoms with van der Waals surface area (Å²) in [4.78, 5) is 15.9. The topological polar surface area (TPSA) is 59.8 Å². The molecule has 2 heterocycles. The maximum atomic E-state index is 11.8. The van der Waals surface area contributed by atoms with Gasteiger partial charge in [-0.2, -0.15) is 5.10 Å². The van der Waals surface area contributed by atoms with Gasteiger partial charge in [0, 0.05) is 26.2 Å². The van der Waals surface area contributed by atoms with Gasteiger partial charge in [-0.1, -0.05) is 6.07 Å². The molecule has 0 spiro atoms. The third-order valence-electron chi connectivity index (χ3n) is 2.38. The summed E-state index contributed by atoms with van der Waals surface area (Å²) >= 11 is 3.23. The van der Waals surface area contributed by atoms with Crippen LogP contribution in [0, 0.1) is 0 Å². The standard InChI is InChI=1S/C12H13BrN4O/c1-17-8-6-9(16-17)5-7-14-12(18)10-3-2-4-11(13)15-10/h2-4,6,8H,5,7H2,1H3,(H,14,18). The van der Waals surface area contributed by atoms with E-state index in [0.717, 1.165) is 5.69 Å². The van der Waals surface area contributed by atoms with Crippen molar-refractivity contribution in [3.63, 3.8) is 0 Å². The first-order chi connectivity index (χ1) is 8.65. The van der Waals surface area contributed by atoms with E-state index in [-0.39, 0.29) is 5.91 Å². The van der Waals surface area contributed by atoms with Gasteiger partial charge >= 0.3 is 0 Å². The van der Waals surface area contributed by atoms with Gasteiger partial charge in [-0.15, -0.1) is 0 Å². The summed E-state index contributed by atoms with van der Waals surface area (Å²) in [6.07, 6.45) is 2.59. The van der Waals surface area contributed by atoms with Gasteiger partial charge in [-0.05, 0) is 34.1 Å². The highest BCUT2D eigenvalue weighted by atomic mass is 79.9. The second kappa shape index (κ2) is 5.77. The van der Waals surface area contributed by atoms with Crippen molar-refractivity contribution in [1.82, 2.24) is 20.1 Å². The van der Waals surface area contributed by atoms with E-state index in [1.807, 2.05) is 19.3 Å². The Bertz CT molecular complexity index is 553. The van der Waals surface area contributed by atoms with Crippen LogP contribution < -0.4 is 5.32 Å². The summed E-state index contributed by atoms with van der Waals surface area (Å²) < 4.78 is 2.40. The fourth-order valence-corrected chi connectivity index (χ4v) is 1.87. The highest BCUT2D eigenvalue weighted by molar-refractivity contribution is 9.10. The average molecular weight is 309 g/mol. The molecule has 0 aliphatic rings. The maximum absolute atomic E-state index is 11.8. The molecule has 0 bridgehead atoms. The smallest absolute Gasteiger partial charge is 0.269 e. The van der Waals surface area contributed by atoms with Crippen LogP contribution >= 0.6 is 15.9 Å². The van der Waals surface area contributed by atoms with E-state index in [1.54, 1.807) is 22.9 Å². The van der Waals surface area contributed by atoms with Crippen molar-refractivity contribution in [2.24, 2.45) is 7.05 Å². The Morgan fingerprint density at radius 3 is 2.94 bits per heavy atom. The third-order valence-corrected chi connectivity index (χ3v) is 2.82. The summed E-state index contributed by atoms with van der Waals surface area (Å²) in [6.45, 7) is 0.546. The van der Waals surface area contributed by atoms with Crippen molar-refractivity contribution in [1.29, 1.82) is 0 Å². The zero-order chi connectivity index (χ0) is 13.0. The molecule has 1 amide bonds. The lowest BCUT2D eigenvalue weighted by Crippen LogP contribution is -2.26. The number of aryl methyl sites for hydroxylation is 1. The lowest BCUT2D eigenvalue weighted by molar-refractivity contribution is 0.0949. The molecule has 0 aliphatic heterocycles. The Hall–Kier alpha value is -1.69. The predicted octanol–water partition coefficient (Wildman–Crippen LogP) is 1.55. The summed E-state index contributed by atoms with van der Waals surface area (Å²) in [5.41, 5.74) is 1.37. The van der Waals surface area contributed by atoms with Gasteiger partial charge in [0.15, 0.2) is 0 Å². The largest absolute Gasteiger partial charge is 0.350 e. The van der Waals surface area contributed by atoms with Gasteiger partial charge in [0.2, 0.25) is 0 Å². The zero-order valence-corrected chi connectivity index (χ0v) is 11.5. The summed E-state index contributed by atoms with van der Waals surface area (Å²) in [5, 5.41) is 7.05. The highest BCUT2D eigenvalue weighted by Crippen LogP contribution is 2.06. The number of hydrogen-bond acceptors (Lipinski definition) is 3. The van der Waals surface area contributed by atoms with Crippen molar-refractivity contribution in [3.8, 4) is 0 Å². The molecule has 94 valence electrons. The quantitative estimate of drug-likeness (QED) is 0.872. The fourth-order valence-electron chi connectivity index (χ4n) is 1.53. The van der Waals surface area contributed by atoms with Crippen molar-refractivity contribution in [3.05, 3.63) is 46.5 Å². The summed E-state index contributed by atoms with van der Waals surface area (Å²) in [5.74, 6) is -0.174. The lowest BCUT2D eigenvalue weighted by Gasteiger charge is -2.03. The molecule has 0 saturated carbocycles. The summed E-state index contributed by atoms with van der Waals surface area (Å²) in [7, 11) is 1.87. The fraction of sp³-hybridized carbons (Fsp3) is 0.250. The van der Waals surface area contributed by atoms with Crippen molar-refractivity contribution < 1.29 is 4.79 Å². The number of halogens is 1. The number of amides is 1. The Morgan fingerprint density at radius 2 is 2.28 bits per heavy atom. The van der Waals surface area contributed by atoms with Crippen LogP contribution in [-0.2, 0) is 13.5 Å². The Morgan fingerprint density at radius 1 is 1.44 bits per heavy atom. The van der Waals surface area contributed by atoms with E-state index in [4.69, 9.17) is 0 Å². The number of aromatic nitrogens is 3. The second-order valence-corrected chi connectivity index (χ2v) is 4.64. The summed E-state index contributed by atoms with van der Waals surface area (Å²) in [6, 6.07) is 7.18. The normalized spacial score (nSPS) is 10.3. The molecule has 6 heteroatoms. The molecule has 2 rings (SSSR count). The molecule has 0 unspecified atom stereocenters. The van der Waals surface area contributed by atoms with Crippen molar-refractivity contribution in [2.45, 2.75) is 6.42 Å². The van der Waals surface area contributed by atoms with Gasteiger partial charge in [-0.25, -0.2) is 4.98 Å². The Kier molecular flexibility index (Phi) is 4.09. The first-order valence-electron chi connectivity index (χ1n) is 5.54. The van der Waals surface area contributed by atoms with Crippen molar-refractivity contribution in [2.75, 3.05) is 6.54 Å². The molecule has 2 aromatic heterocycles. The van der Waals surface area contributed by atoms with E-state index in [0.29, 0.717) is 23.3 Å². The third kappa shape index (κ3) is 3.40. The number of nitrogens with zero attached hydrogens (tertiary/aromatic N) is 3. The molecule has 0 aromatic carbocycles.